The highest BCUT2D eigenvalue weighted by Crippen LogP contribution is 2.36. The van der Waals surface area contributed by atoms with Crippen LogP contribution in [0.4, 0.5) is 36.2 Å². The molecule has 0 saturated heterocycles. The molecular weight excluding hydrogens is 459 g/mol. The molecule has 0 aliphatic carbocycles. The Labute approximate surface area is 199 Å². The van der Waals surface area contributed by atoms with Crippen molar-refractivity contribution >= 4 is 23.0 Å². The van der Waals surface area contributed by atoms with E-state index in [-0.39, 0.29) is 17.3 Å². The Morgan fingerprint density at radius 3 is 2.00 bits per heavy atom. The molecule has 0 unspecified atom stereocenters. The molecule has 0 saturated carbocycles. The van der Waals surface area contributed by atoms with Gasteiger partial charge < -0.3 is 10.2 Å². The highest BCUT2D eigenvalue weighted by molar-refractivity contribution is 5.74. The number of hydrogen-bond donors (Lipinski definition) is 1. The SMILES string of the molecule is O=[N+]([O-])c1c(Nc2cccc(C(F)(F)F)c2)ncnc1N(Cc1ccccc1)Cc1ccccc1. The van der Waals surface area contributed by atoms with Gasteiger partial charge in [0.2, 0.25) is 11.6 Å². The van der Waals surface area contributed by atoms with Gasteiger partial charge in [-0.25, -0.2) is 9.97 Å². The first kappa shape index (κ1) is 23.7. The normalized spacial score (nSPS) is 11.2. The number of nitrogens with zero attached hydrogens (tertiary/aromatic N) is 4. The predicted octanol–water partition coefficient (Wildman–Crippen LogP) is 6.35. The van der Waals surface area contributed by atoms with Gasteiger partial charge in [0.05, 0.1) is 10.5 Å². The van der Waals surface area contributed by atoms with Crippen LogP contribution in [0.2, 0.25) is 0 Å². The Balaban J connectivity index is 1.75. The summed E-state index contributed by atoms with van der Waals surface area (Å²) in [4.78, 5) is 21.4. The molecular formula is C25H20F3N5O2. The van der Waals surface area contributed by atoms with Gasteiger partial charge in [-0.15, -0.1) is 0 Å². The minimum absolute atomic E-state index is 0.0187. The van der Waals surface area contributed by atoms with Crippen LogP contribution in [0.5, 0.6) is 0 Å². The molecule has 0 radical (unpaired) electrons. The fourth-order valence-corrected chi connectivity index (χ4v) is 3.58. The maximum Gasteiger partial charge on any atom is 0.416 e. The van der Waals surface area contributed by atoms with Gasteiger partial charge in [0.15, 0.2) is 0 Å². The van der Waals surface area contributed by atoms with Crippen LogP contribution in [-0.2, 0) is 19.3 Å². The average Bonchev–Trinajstić information content (AvgIpc) is 2.84. The molecule has 35 heavy (non-hydrogen) atoms. The lowest BCUT2D eigenvalue weighted by atomic mass is 10.1. The van der Waals surface area contributed by atoms with Gasteiger partial charge in [-0.2, -0.15) is 13.2 Å². The number of aromatic nitrogens is 2. The zero-order chi connectivity index (χ0) is 24.8. The molecule has 1 heterocycles. The van der Waals surface area contributed by atoms with Gasteiger partial charge in [-0.1, -0.05) is 66.7 Å². The summed E-state index contributed by atoms with van der Waals surface area (Å²) in [5.74, 6) is -0.155. The highest BCUT2D eigenvalue weighted by atomic mass is 19.4. The summed E-state index contributed by atoms with van der Waals surface area (Å²) in [6, 6.07) is 23.2. The van der Waals surface area contributed by atoms with Crippen molar-refractivity contribution in [3.63, 3.8) is 0 Å². The van der Waals surface area contributed by atoms with Crippen LogP contribution >= 0.6 is 0 Å². The zero-order valence-corrected chi connectivity index (χ0v) is 18.3. The number of nitrogens with one attached hydrogen (secondary N) is 1. The number of halogens is 3. The Morgan fingerprint density at radius 2 is 1.46 bits per heavy atom. The molecule has 0 bridgehead atoms. The quantitative estimate of drug-likeness (QED) is 0.234. The smallest absolute Gasteiger partial charge is 0.342 e. The molecule has 10 heteroatoms. The molecule has 0 aliphatic heterocycles. The van der Waals surface area contributed by atoms with E-state index in [1.54, 1.807) is 4.90 Å². The van der Waals surface area contributed by atoms with Crippen LogP contribution in [-0.4, -0.2) is 14.9 Å². The summed E-state index contributed by atoms with van der Waals surface area (Å²) in [6.07, 6.45) is -3.40. The fraction of sp³-hybridized carbons (Fsp3) is 0.120. The van der Waals surface area contributed by atoms with Crippen molar-refractivity contribution in [3.8, 4) is 0 Å². The third-order valence-electron chi connectivity index (χ3n) is 5.17. The van der Waals surface area contributed by atoms with E-state index < -0.39 is 22.4 Å². The topological polar surface area (TPSA) is 84.2 Å². The van der Waals surface area contributed by atoms with E-state index in [0.29, 0.717) is 13.1 Å². The van der Waals surface area contributed by atoms with Crippen LogP contribution in [0.25, 0.3) is 0 Å². The number of alkyl halides is 3. The lowest BCUT2D eigenvalue weighted by Gasteiger charge is -2.24. The molecule has 3 aromatic carbocycles. The molecule has 178 valence electrons. The number of benzene rings is 3. The monoisotopic (exact) mass is 479 g/mol. The lowest BCUT2D eigenvalue weighted by Crippen LogP contribution is -2.24. The van der Waals surface area contributed by atoms with Gasteiger partial charge in [0.25, 0.3) is 0 Å². The molecule has 0 amide bonds. The van der Waals surface area contributed by atoms with Crippen molar-refractivity contribution in [3.05, 3.63) is 118 Å². The summed E-state index contributed by atoms with van der Waals surface area (Å²) in [5.41, 5.74) is 0.517. The van der Waals surface area contributed by atoms with Crippen LogP contribution in [0.15, 0.2) is 91.3 Å². The Morgan fingerprint density at radius 1 is 0.857 bits per heavy atom. The van der Waals surface area contributed by atoms with E-state index in [1.165, 1.54) is 12.1 Å². The molecule has 4 rings (SSSR count). The van der Waals surface area contributed by atoms with Crippen molar-refractivity contribution in [1.29, 1.82) is 0 Å². The minimum Gasteiger partial charge on any atom is -0.342 e. The summed E-state index contributed by atoms with van der Waals surface area (Å²) >= 11 is 0. The maximum atomic E-state index is 13.1. The largest absolute Gasteiger partial charge is 0.416 e. The van der Waals surface area contributed by atoms with Crippen molar-refractivity contribution in [1.82, 2.24) is 9.97 Å². The van der Waals surface area contributed by atoms with E-state index in [2.05, 4.69) is 15.3 Å². The molecule has 0 spiro atoms. The molecule has 0 fully saturated rings. The van der Waals surface area contributed by atoms with Crippen molar-refractivity contribution < 1.29 is 18.1 Å². The molecule has 1 N–H and O–H groups in total. The van der Waals surface area contributed by atoms with E-state index in [4.69, 9.17) is 0 Å². The second kappa shape index (κ2) is 10.2. The molecule has 4 aromatic rings. The van der Waals surface area contributed by atoms with Gasteiger partial charge in [0.1, 0.15) is 6.33 Å². The number of rotatable bonds is 8. The zero-order valence-electron chi connectivity index (χ0n) is 18.3. The molecule has 0 aliphatic rings. The van der Waals surface area contributed by atoms with Crippen molar-refractivity contribution in [2.24, 2.45) is 0 Å². The lowest BCUT2D eigenvalue weighted by molar-refractivity contribution is -0.383. The molecule has 7 nitrogen and oxygen atoms in total. The predicted molar refractivity (Wildman–Crippen MR) is 126 cm³/mol. The van der Waals surface area contributed by atoms with Crippen molar-refractivity contribution in [2.45, 2.75) is 19.3 Å². The minimum atomic E-state index is -4.55. The second-order valence-corrected chi connectivity index (χ2v) is 7.68. The molecule has 0 atom stereocenters. The van der Waals surface area contributed by atoms with Gasteiger partial charge in [0, 0.05) is 18.8 Å². The van der Waals surface area contributed by atoms with E-state index >= 15 is 0 Å². The van der Waals surface area contributed by atoms with Crippen LogP contribution in [0, 0.1) is 10.1 Å². The first-order valence-electron chi connectivity index (χ1n) is 10.6. The van der Waals surface area contributed by atoms with E-state index in [0.717, 1.165) is 29.6 Å². The number of hydrogen-bond acceptors (Lipinski definition) is 6. The summed E-state index contributed by atoms with van der Waals surface area (Å²) in [7, 11) is 0. The summed E-state index contributed by atoms with van der Waals surface area (Å²) in [6.45, 7) is 0.632. The first-order chi connectivity index (χ1) is 16.8. The van der Waals surface area contributed by atoms with Gasteiger partial charge in [-0.05, 0) is 29.3 Å². The molecule has 1 aromatic heterocycles. The van der Waals surface area contributed by atoms with Crippen LogP contribution in [0.3, 0.4) is 0 Å². The third-order valence-corrected chi connectivity index (χ3v) is 5.17. The Hall–Kier alpha value is -4.47. The first-order valence-corrected chi connectivity index (χ1v) is 10.6. The third kappa shape index (κ3) is 5.91. The van der Waals surface area contributed by atoms with E-state index in [1.807, 2.05) is 60.7 Å². The number of nitro groups is 1. The average molecular weight is 479 g/mol. The van der Waals surface area contributed by atoms with Gasteiger partial charge >= 0.3 is 11.9 Å². The summed E-state index contributed by atoms with van der Waals surface area (Å²) in [5, 5.41) is 14.8. The summed E-state index contributed by atoms with van der Waals surface area (Å²) < 4.78 is 39.4. The fourth-order valence-electron chi connectivity index (χ4n) is 3.58. The van der Waals surface area contributed by atoms with E-state index in [9.17, 15) is 23.3 Å². The van der Waals surface area contributed by atoms with Crippen LogP contribution < -0.4 is 10.2 Å². The van der Waals surface area contributed by atoms with Crippen LogP contribution in [0.1, 0.15) is 16.7 Å². The maximum absolute atomic E-state index is 13.1. The Bertz CT molecular complexity index is 1260. The van der Waals surface area contributed by atoms with Crippen molar-refractivity contribution in [2.75, 3.05) is 10.2 Å². The standard InChI is InChI=1S/C25H20F3N5O2/c26-25(27,28)20-12-7-13-21(14-20)31-23-22(33(34)35)24(30-17-29-23)32(15-18-8-3-1-4-9-18)16-19-10-5-2-6-11-19/h1-14,17H,15-16H2,(H,29,30,31). The highest BCUT2D eigenvalue weighted by Gasteiger charge is 2.31. The number of anilines is 3. The van der Waals surface area contributed by atoms with Gasteiger partial charge in [-0.3, -0.25) is 10.1 Å². The Kier molecular flexibility index (Phi) is 6.91. The second-order valence-electron chi connectivity index (χ2n) is 7.68.